The van der Waals surface area contributed by atoms with Crippen molar-refractivity contribution < 1.29 is 4.74 Å². The van der Waals surface area contributed by atoms with Crippen molar-refractivity contribution >= 4 is 11.0 Å². The maximum atomic E-state index is 5.94. The Labute approximate surface area is 131 Å². The van der Waals surface area contributed by atoms with Gasteiger partial charge in [-0.2, -0.15) is 0 Å². The monoisotopic (exact) mass is 299 g/mol. The van der Waals surface area contributed by atoms with Crippen molar-refractivity contribution in [3.63, 3.8) is 0 Å². The lowest BCUT2D eigenvalue weighted by molar-refractivity contribution is 0.106. The first kappa shape index (κ1) is 14.2. The van der Waals surface area contributed by atoms with E-state index in [1.54, 1.807) is 0 Å². The van der Waals surface area contributed by atoms with Crippen LogP contribution in [0, 0.1) is 5.92 Å². The minimum absolute atomic E-state index is 0.228. The first-order valence-corrected chi connectivity index (χ1v) is 8.60. The summed E-state index contributed by atoms with van der Waals surface area (Å²) in [5, 5.41) is 1.27. The molecule has 0 aliphatic carbocycles. The van der Waals surface area contributed by atoms with Gasteiger partial charge in [-0.25, -0.2) is 4.98 Å². The van der Waals surface area contributed by atoms with Gasteiger partial charge < -0.3 is 9.72 Å². The number of hydrogen-bond donors (Lipinski definition) is 1. The summed E-state index contributed by atoms with van der Waals surface area (Å²) >= 11 is 0. The SMILES string of the molecule is C[C@H]1CCCN(Cc2c([C@@H]3CCCO3)[nH]c3ncccc23)C1. The second-order valence-electron chi connectivity index (χ2n) is 6.90. The molecule has 4 nitrogen and oxygen atoms in total. The van der Waals surface area contributed by atoms with Gasteiger partial charge in [-0.1, -0.05) is 6.92 Å². The zero-order chi connectivity index (χ0) is 14.9. The highest BCUT2D eigenvalue weighted by atomic mass is 16.5. The molecule has 0 unspecified atom stereocenters. The van der Waals surface area contributed by atoms with E-state index in [1.165, 1.54) is 42.6 Å². The minimum atomic E-state index is 0.228. The molecule has 0 radical (unpaired) electrons. The number of ether oxygens (including phenoxy) is 1. The summed E-state index contributed by atoms with van der Waals surface area (Å²) in [6.07, 6.45) is 7.06. The van der Waals surface area contributed by atoms with Crippen molar-refractivity contribution in [2.45, 2.75) is 45.3 Å². The van der Waals surface area contributed by atoms with Crippen molar-refractivity contribution in [1.82, 2.24) is 14.9 Å². The molecule has 2 aromatic rings. The third-order valence-electron chi connectivity index (χ3n) is 5.09. The van der Waals surface area contributed by atoms with Crippen LogP contribution in [0.15, 0.2) is 18.3 Å². The van der Waals surface area contributed by atoms with Gasteiger partial charge in [0.2, 0.25) is 0 Å². The molecule has 4 heteroatoms. The molecule has 0 aromatic carbocycles. The number of pyridine rings is 1. The molecule has 2 fully saturated rings. The fourth-order valence-electron chi connectivity index (χ4n) is 4.00. The molecule has 2 atom stereocenters. The lowest BCUT2D eigenvalue weighted by Gasteiger charge is -2.31. The average Bonchev–Trinajstić information content (AvgIpc) is 3.15. The molecular formula is C18H25N3O. The maximum Gasteiger partial charge on any atom is 0.137 e. The number of nitrogens with one attached hydrogen (secondary N) is 1. The normalized spacial score (nSPS) is 26.8. The summed E-state index contributed by atoms with van der Waals surface area (Å²) in [6.45, 7) is 6.68. The van der Waals surface area contributed by atoms with Gasteiger partial charge in [-0.05, 0) is 55.8 Å². The molecule has 0 saturated carbocycles. The number of likely N-dealkylation sites (tertiary alicyclic amines) is 1. The summed E-state index contributed by atoms with van der Waals surface area (Å²) in [6, 6.07) is 4.23. The Morgan fingerprint density at radius 1 is 1.36 bits per heavy atom. The highest BCUT2D eigenvalue weighted by Crippen LogP contribution is 2.34. The van der Waals surface area contributed by atoms with Crippen LogP contribution in [0.3, 0.4) is 0 Å². The quantitative estimate of drug-likeness (QED) is 0.940. The second-order valence-corrected chi connectivity index (χ2v) is 6.90. The molecule has 2 aromatic heterocycles. The topological polar surface area (TPSA) is 41.1 Å². The molecule has 1 N–H and O–H groups in total. The van der Waals surface area contributed by atoms with Gasteiger partial charge in [0.15, 0.2) is 0 Å². The summed E-state index contributed by atoms with van der Waals surface area (Å²) in [5.74, 6) is 0.809. The number of piperidine rings is 1. The van der Waals surface area contributed by atoms with Gasteiger partial charge in [0, 0.05) is 31.3 Å². The third kappa shape index (κ3) is 2.66. The van der Waals surface area contributed by atoms with Crippen LogP contribution in [0.2, 0.25) is 0 Å². The summed E-state index contributed by atoms with van der Waals surface area (Å²) in [4.78, 5) is 10.7. The van der Waals surface area contributed by atoms with E-state index in [9.17, 15) is 0 Å². The van der Waals surface area contributed by atoms with Crippen LogP contribution in [-0.4, -0.2) is 34.6 Å². The van der Waals surface area contributed by atoms with Crippen LogP contribution in [-0.2, 0) is 11.3 Å². The fourth-order valence-corrected chi connectivity index (χ4v) is 4.00. The highest BCUT2D eigenvalue weighted by Gasteiger charge is 2.26. The Bertz CT molecular complexity index is 645. The third-order valence-corrected chi connectivity index (χ3v) is 5.09. The molecule has 0 spiro atoms. The average molecular weight is 299 g/mol. The van der Waals surface area contributed by atoms with Gasteiger partial charge in [-0.3, -0.25) is 4.90 Å². The van der Waals surface area contributed by atoms with E-state index in [0.717, 1.165) is 37.6 Å². The van der Waals surface area contributed by atoms with Crippen LogP contribution in [0.4, 0.5) is 0 Å². The number of rotatable bonds is 3. The van der Waals surface area contributed by atoms with Crippen molar-refractivity contribution in [2.24, 2.45) is 5.92 Å². The van der Waals surface area contributed by atoms with Crippen molar-refractivity contribution in [2.75, 3.05) is 19.7 Å². The predicted molar refractivity (Wildman–Crippen MR) is 87.7 cm³/mol. The van der Waals surface area contributed by atoms with Gasteiger partial charge in [-0.15, -0.1) is 0 Å². The number of aromatic nitrogens is 2. The molecule has 2 aliphatic rings. The van der Waals surface area contributed by atoms with Crippen LogP contribution in [0.5, 0.6) is 0 Å². The van der Waals surface area contributed by atoms with Crippen molar-refractivity contribution in [3.05, 3.63) is 29.6 Å². The summed E-state index contributed by atoms with van der Waals surface area (Å²) in [5.41, 5.74) is 3.68. The molecule has 118 valence electrons. The first-order chi connectivity index (χ1) is 10.8. The predicted octanol–water partition coefficient (Wildman–Crippen LogP) is 3.65. The fraction of sp³-hybridized carbons (Fsp3) is 0.611. The van der Waals surface area contributed by atoms with Gasteiger partial charge in [0.05, 0.1) is 11.8 Å². The molecule has 2 saturated heterocycles. The summed E-state index contributed by atoms with van der Waals surface area (Å²) in [7, 11) is 0. The van der Waals surface area contributed by atoms with Crippen molar-refractivity contribution in [3.8, 4) is 0 Å². The van der Waals surface area contributed by atoms with Gasteiger partial charge >= 0.3 is 0 Å². The van der Waals surface area contributed by atoms with E-state index in [1.807, 2.05) is 12.3 Å². The lowest BCUT2D eigenvalue weighted by Crippen LogP contribution is -2.34. The van der Waals surface area contributed by atoms with E-state index in [0.29, 0.717) is 0 Å². The molecule has 4 rings (SSSR count). The standard InChI is InChI=1S/C18H25N3O/c1-13-5-3-9-21(11-13)12-15-14-6-2-8-19-18(14)20-17(15)16-7-4-10-22-16/h2,6,8,13,16H,3-5,7,9-12H2,1H3,(H,19,20)/t13-,16-/m0/s1. The van der Waals surface area contributed by atoms with E-state index >= 15 is 0 Å². The van der Waals surface area contributed by atoms with Gasteiger partial charge in [0.1, 0.15) is 5.65 Å². The van der Waals surface area contributed by atoms with Crippen LogP contribution in [0.1, 0.15) is 50.0 Å². The molecule has 2 aliphatic heterocycles. The second kappa shape index (κ2) is 6.01. The van der Waals surface area contributed by atoms with Crippen molar-refractivity contribution in [1.29, 1.82) is 0 Å². The molecule has 4 heterocycles. The molecule has 0 amide bonds. The minimum Gasteiger partial charge on any atom is -0.372 e. The Morgan fingerprint density at radius 3 is 3.14 bits per heavy atom. The van der Waals surface area contributed by atoms with E-state index < -0.39 is 0 Å². The first-order valence-electron chi connectivity index (χ1n) is 8.60. The maximum absolute atomic E-state index is 5.94. The number of aromatic amines is 1. The van der Waals surface area contributed by atoms with Crippen LogP contribution < -0.4 is 0 Å². The zero-order valence-corrected chi connectivity index (χ0v) is 13.3. The Kier molecular flexibility index (Phi) is 3.89. The van der Waals surface area contributed by atoms with Gasteiger partial charge in [0.25, 0.3) is 0 Å². The largest absolute Gasteiger partial charge is 0.372 e. The molecule has 22 heavy (non-hydrogen) atoms. The zero-order valence-electron chi connectivity index (χ0n) is 13.3. The van der Waals surface area contributed by atoms with Crippen LogP contribution in [0.25, 0.3) is 11.0 Å². The number of fused-ring (bicyclic) bond motifs is 1. The Balaban J connectivity index is 1.68. The molecule has 0 bridgehead atoms. The smallest absolute Gasteiger partial charge is 0.137 e. The van der Waals surface area contributed by atoms with E-state index in [2.05, 4.69) is 27.9 Å². The number of H-pyrrole nitrogens is 1. The number of hydrogen-bond acceptors (Lipinski definition) is 3. The van der Waals surface area contributed by atoms with Crippen LogP contribution >= 0.6 is 0 Å². The van der Waals surface area contributed by atoms with E-state index in [-0.39, 0.29) is 6.10 Å². The Morgan fingerprint density at radius 2 is 2.32 bits per heavy atom. The highest BCUT2D eigenvalue weighted by molar-refractivity contribution is 5.81. The Hall–Kier alpha value is -1.39. The number of nitrogens with zero attached hydrogens (tertiary/aromatic N) is 2. The molecular weight excluding hydrogens is 274 g/mol. The lowest BCUT2D eigenvalue weighted by atomic mass is 9.99. The summed E-state index contributed by atoms with van der Waals surface area (Å²) < 4.78 is 5.94. The van der Waals surface area contributed by atoms with E-state index in [4.69, 9.17) is 4.74 Å².